The van der Waals surface area contributed by atoms with Crippen LogP contribution >= 0.6 is 11.8 Å². The molecule has 1 atom stereocenters. The van der Waals surface area contributed by atoms with Gasteiger partial charge in [0.05, 0.1) is 5.92 Å². The number of rotatable bonds is 4. The summed E-state index contributed by atoms with van der Waals surface area (Å²) < 4.78 is 0. The van der Waals surface area contributed by atoms with E-state index < -0.39 is 11.9 Å². The van der Waals surface area contributed by atoms with Crippen LogP contribution in [-0.4, -0.2) is 29.3 Å². The maximum Gasteiger partial charge on any atom is 0.308 e. The second-order valence-corrected chi connectivity index (χ2v) is 5.51. The summed E-state index contributed by atoms with van der Waals surface area (Å²) >= 11 is 1.74. The first-order valence-electron chi connectivity index (χ1n) is 5.88. The topological polar surface area (TPSA) is 57.6 Å². The van der Waals surface area contributed by atoms with Gasteiger partial charge in [-0.1, -0.05) is 6.92 Å². The Hall–Kier alpha value is -1.49. The highest BCUT2D eigenvalue weighted by atomic mass is 32.2. The number of anilines is 1. The molecule has 5 heteroatoms. The lowest BCUT2D eigenvalue weighted by Gasteiger charge is -2.16. The van der Waals surface area contributed by atoms with Gasteiger partial charge in [0.1, 0.15) is 0 Å². The molecule has 1 fully saturated rings. The van der Waals surface area contributed by atoms with E-state index in [4.69, 9.17) is 5.11 Å². The van der Waals surface area contributed by atoms with E-state index in [1.54, 1.807) is 16.7 Å². The van der Waals surface area contributed by atoms with Crippen molar-refractivity contribution in [3.63, 3.8) is 0 Å². The molecule has 1 unspecified atom stereocenters. The molecule has 96 valence electrons. The normalized spacial score (nSPS) is 19.3. The summed E-state index contributed by atoms with van der Waals surface area (Å²) in [6.07, 6.45) is 0.0980. The van der Waals surface area contributed by atoms with Crippen LogP contribution in [0.3, 0.4) is 0 Å². The predicted molar refractivity (Wildman–Crippen MR) is 70.9 cm³/mol. The maximum atomic E-state index is 11.8. The Kier molecular flexibility index (Phi) is 3.91. The van der Waals surface area contributed by atoms with Crippen LogP contribution < -0.4 is 4.90 Å². The lowest BCUT2D eigenvalue weighted by Crippen LogP contribution is -2.25. The second-order valence-electron chi connectivity index (χ2n) is 4.17. The van der Waals surface area contributed by atoms with E-state index in [2.05, 4.69) is 6.92 Å². The molecule has 1 aromatic rings. The molecule has 1 heterocycles. The molecule has 0 saturated carbocycles. The number of carbonyl (C=O) groups is 2. The minimum absolute atomic E-state index is 0.0980. The average molecular weight is 265 g/mol. The summed E-state index contributed by atoms with van der Waals surface area (Å²) in [7, 11) is 0. The van der Waals surface area contributed by atoms with Gasteiger partial charge in [0.2, 0.25) is 5.91 Å². The van der Waals surface area contributed by atoms with Crippen LogP contribution in [0.15, 0.2) is 29.2 Å². The number of thioether (sulfide) groups is 1. The molecule has 4 nitrogen and oxygen atoms in total. The molecule has 0 spiro atoms. The Labute approximate surface area is 110 Å². The highest BCUT2D eigenvalue weighted by Gasteiger charge is 2.34. The van der Waals surface area contributed by atoms with Gasteiger partial charge in [0.25, 0.3) is 0 Å². The van der Waals surface area contributed by atoms with Crippen molar-refractivity contribution < 1.29 is 14.7 Å². The van der Waals surface area contributed by atoms with Crippen molar-refractivity contribution in [3.05, 3.63) is 24.3 Å². The van der Waals surface area contributed by atoms with E-state index in [-0.39, 0.29) is 18.9 Å². The number of carboxylic acids is 1. The van der Waals surface area contributed by atoms with E-state index in [0.717, 1.165) is 16.3 Å². The van der Waals surface area contributed by atoms with Crippen molar-refractivity contribution in [2.75, 3.05) is 17.2 Å². The molecule has 1 amide bonds. The zero-order chi connectivity index (χ0) is 13.1. The van der Waals surface area contributed by atoms with Crippen LogP contribution in [0, 0.1) is 5.92 Å². The number of aliphatic carboxylic acids is 1. The Morgan fingerprint density at radius 3 is 2.61 bits per heavy atom. The van der Waals surface area contributed by atoms with Crippen molar-refractivity contribution in [2.45, 2.75) is 18.2 Å². The Bertz CT molecular complexity index is 458. The largest absolute Gasteiger partial charge is 0.481 e. The van der Waals surface area contributed by atoms with Gasteiger partial charge in [0.15, 0.2) is 0 Å². The molecule has 1 aliphatic heterocycles. The molecular formula is C13H15NO3S. The standard InChI is InChI=1S/C13H15NO3S/c1-2-18-11-5-3-10(4-6-11)14-8-9(13(16)17)7-12(14)15/h3-6,9H,2,7-8H2,1H3,(H,16,17). The average Bonchev–Trinajstić information content (AvgIpc) is 2.73. The van der Waals surface area contributed by atoms with Gasteiger partial charge >= 0.3 is 5.97 Å². The maximum absolute atomic E-state index is 11.8. The molecular weight excluding hydrogens is 250 g/mol. The fourth-order valence-electron chi connectivity index (χ4n) is 2.01. The zero-order valence-corrected chi connectivity index (χ0v) is 10.9. The monoisotopic (exact) mass is 265 g/mol. The van der Waals surface area contributed by atoms with Gasteiger partial charge in [-0.2, -0.15) is 0 Å². The smallest absolute Gasteiger partial charge is 0.308 e. The molecule has 18 heavy (non-hydrogen) atoms. The molecule has 2 rings (SSSR count). The van der Waals surface area contributed by atoms with Crippen molar-refractivity contribution in [3.8, 4) is 0 Å². The first-order valence-corrected chi connectivity index (χ1v) is 6.86. The van der Waals surface area contributed by atoms with Crippen LogP contribution in [0.4, 0.5) is 5.69 Å². The Morgan fingerprint density at radius 1 is 1.44 bits per heavy atom. The minimum atomic E-state index is -0.899. The first-order chi connectivity index (χ1) is 8.61. The van der Waals surface area contributed by atoms with Crippen LogP contribution in [0.1, 0.15) is 13.3 Å². The van der Waals surface area contributed by atoms with Crippen molar-refractivity contribution in [1.29, 1.82) is 0 Å². The third-order valence-electron chi connectivity index (χ3n) is 2.93. The molecule has 1 saturated heterocycles. The Morgan fingerprint density at radius 2 is 2.11 bits per heavy atom. The summed E-state index contributed by atoms with van der Waals surface area (Å²) in [6, 6.07) is 7.68. The van der Waals surface area contributed by atoms with Gasteiger partial charge in [-0.25, -0.2) is 0 Å². The van der Waals surface area contributed by atoms with Crippen molar-refractivity contribution in [1.82, 2.24) is 0 Å². The number of hydrogen-bond donors (Lipinski definition) is 1. The second kappa shape index (κ2) is 5.44. The van der Waals surface area contributed by atoms with Crippen LogP contribution in [0.5, 0.6) is 0 Å². The number of nitrogens with zero attached hydrogens (tertiary/aromatic N) is 1. The lowest BCUT2D eigenvalue weighted by molar-refractivity contribution is -0.141. The number of benzene rings is 1. The van der Waals surface area contributed by atoms with Gasteiger partial charge in [-0.3, -0.25) is 9.59 Å². The molecule has 0 bridgehead atoms. The number of amides is 1. The van der Waals surface area contributed by atoms with Gasteiger partial charge < -0.3 is 10.0 Å². The van der Waals surface area contributed by atoms with E-state index >= 15 is 0 Å². The van der Waals surface area contributed by atoms with Gasteiger partial charge in [0, 0.05) is 23.5 Å². The van der Waals surface area contributed by atoms with Gasteiger partial charge in [-0.15, -0.1) is 11.8 Å². The number of carbonyl (C=O) groups excluding carboxylic acids is 1. The number of carboxylic acid groups (broad SMARTS) is 1. The SMILES string of the molecule is CCSc1ccc(N2CC(C(=O)O)CC2=O)cc1. The highest BCUT2D eigenvalue weighted by Crippen LogP contribution is 2.27. The predicted octanol–water partition coefficient (Wildman–Crippen LogP) is 2.24. The summed E-state index contributed by atoms with van der Waals surface area (Å²) in [5.74, 6) is -0.590. The van der Waals surface area contributed by atoms with Gasteiger partial charge in [-0.05, 0) is 30.0 Å². The molecule has 0 aromatic heterocycles. The molecule has 0 aliphatic carbocycles. The van der Waals surface area contributed by atoms with Crippen LogP contribution in [0.25, 0.3) is 0 Å². The minimum Gasteiger partial charge on any atom is -0.481 e. The third-order valence-corrected chi connectivity index (χ3v) is 3.83. The summed E-state index contributed by atoms with van der Waals surface area (Å²) in [5.41, 5.74) is 0.782. The zero-order valence-electron chi connectivity index (χ0n) is 10.1. The highest BCUT2D eigenvalue weighted by molar-refractivity contribution is 7.99. The Balaban J connectivity index is 2.12. The fraction of sp³-hybridized carbons (Fsp3) is 0.385. The van der Waals surface area contributed by atoms with E-state index in [9.17, 15) is 9.59 Å². The lowest BCUT2D eigenvalue weighted by atomic mass is 10.1. The quantitative estimate of drug-likeness (QED) is 0.848. The van der Waals surface area contributed by atoms with Crippen molar-refractivity contribution >= 4 is 29.3 Å². The summed E-state index contributed by atoms with van der Waals surface area (Å²) in [4.78, 5) is 25.3. The van der Waals surface area contributed by atoms with E-state index in [1.807, 2.05) is 24.3 Å². The third kappa shape index (κ3) is 2.67. The van der Waals surface area contributed by atoms with Crippen molar-refractivity contribution in [2.24, 2.45) is 5.92 Å². The molecule has 1 aromatic carbocycles. The van der Waals surface area contributed by atoms with E-state index in [0.29, 0.717) is 0 Å². The number of hydrogen-bond acceptors (Lipinski definition) is 3. The molecule has 1 N–H and O–H groups in total. The summed E-state index contributed by atoms with van der Waals surface area (Å²) in [5, 5.41) is 8.93. The van der Waals surface area contributed by atoms with Crippen LogP contribution in [0.2, 0.25) is 0 Å². The molecule has 1 aliphatic rings. The van der Waals surface area contributed by atoms with Crippen LogP contribution in [-0.2, 0) is 9.59 Å². The van der Waals surface area contributed by atoms with E-state index in [1.165, 1.54) is 0 Å². The summed E-state index contributed by atoms with van der Waals surface area (Å²) in [6.45, 7) is 2.36. The molecule has 0 radical (unpaired) electrons. The first kappa shape index (κ1) is 13.0. The fourth-order valence-corrected chi connectivity index (χ4v) is 2.67.